The average molecular weight is 246 g/mol. The summed E-state index contributed by atoms with van der Waals surface area (Å²) in [6, 6.07) is 4.96. The fourth-order valence-electron chi connectivity index (χ4n) is 1.85. The molecule has 0 aliphatic rings. The second-order valence-electron chi connectivity index (χ2n) is 3.98. The number of nitrogens with zero attached hydrogens (tertiary/aromatic N) is 1. The number of hydrogen-bond acceptors (Lipinski definition) is 4. The zero-order valence-corrected chi connectivity index (χ0v) is 10.3. The van der Waals surface area contributed by atoms with E-state index < -0.39 is 5.97 Å². The summed E-state index contributed by atoms with van der Waals surface area (Å²) in [5.41, 5.74) is 6.65. The number of hydrogen-bond donors (Lipinski definition) is 1. The van der Waals surface area contributed by atoms with Crippen LogP contribution < -0.4 is 11.2 Å². The van der Waals surface area contributed by atoms with E-state index in [2.05, 4.69) is 0 Å². The molecule has 0 saturated carbocycles. The number of ether oxygens (including phenoxy) is 1. The first kappa shape index (κ1) is 12.2. The van der Waals surface area contributed by atoms with Gasteiger partial charge in [0.15, 0.2) is 0 Å². The summed E-state index contributed by atoms with van der Waals surface area (Å²) in [5.74, 6) is -0.600. The Morgan fingerprint density at radius 2 is 2.17 bits per heavy atom. The minimum Gasteiger partial charge on any atom is -0.462 e. The lowest BCUT2D eigenvalue weighted by molar-refractivity contribution is 0.0524. The van der Waals surface area contributed by atoms with Gasteiger partial charge in [0.25, 0.3) is 0 Å². The third-order valence-corrected chi connectivity index (χ3v) is 2.71. The molecule has 0 unspecified atom stereocenters. The minimum atomic E-state index is -0.600. The van der Waals surface area contributed by atoms with Crippen molar-refractivity contribution in [2.45, 2.75) is 6.92 Å². The Bertz CT molecular complexity index is 674. The zero-order valence-electron chi connectivity index (χ0n) is 10.3. The van der Waals surface area contributed by atoms with E-state index in [1.54, 1.807) is 36.7 Å². The molecule has 0 aliphatic heterocycles. The molecule has 5 heteroatoms. The topological polar surface area (TPSA) is 74.3 Å². The molecule has 1 aromatic heterocycles. The lowest BCUT2D eigenvalue weighted by Crippen LogP contribution is -2.20. The fraction of sp³-hybridized carbons (Fsp3) is 0.231. The molecule has 0 fully saturated rings. The number of aryl methyl sites for hydroxylation is 1. The van der Waals surface area contributed by atoms with Crippen LogP contribution in [0.15, 0.2) is 29.2 Å². The van der Waals surface area contributed by atoms with Crippen LogP contribution in [-0.2, 0) is 11.8 Å². The number of pyridine rings is 1. The van der Waals surface area contributed by atoms with Gasteiger partial charge in [0, 0.05) is 24.3 Å². The normalized spacial score (nSPS) is 10.6. The molecule has 2 aromatic rings. The second kappa shape index (κ2) is 4.52. The number of nitrogen functional groups attached to an aromatic ring is 1. The molecular formula is C13H14N2O3. The highest BCUT2D eigenvalue weighted by Gasteiger charge is 2.15. The number of rotatable bonds is 2. The van der Waals surface area contributed by atoms with Gasteiger partial charge in [-0.2, -0.15) is 0 Å². The van der Waals surface area contributed by atoms with Crippen LogP contribution in [0.5, 0.6) is 0 Å². The first-order valence-electron chi connectivity index (χ1n) is 5.60. The molecule has 0 amide bonds. The molecule has 18 heavy (non-hydrogen) atoms. The highest BCUT2D eigenvalue weighted by Crippen LogP contribution is 2.15. The standard InChI is InChI=1S/C13H14N2O3/c1-3-18-13(17)10-7-15(2)11-6-8(14)4-5-9(11)12(10)16/h4-7H,3,14H2,1-2H3. The van der Waals surface area contributed by atoms with Crippen LogP contribution in [0.4, 0.5) is 5.69 Å². The van der Waals surface area contributed by atoms with Crippen molar-refractivity contribution in [3.8, 4) is 0 Å². The Morgan fingerprint density at radius 1 is 1.44 bits per heavy atom. The molecule has 1 heterocycles. The molecule has 5 nitrogen and oxygen atoms in total. The summed E-state index contributed by atoms with van der Waals surface area (Å²) < 4.78 is 6.55. The number of aromatic nitrogens is 1. The SMILES string of the molecule is CCOC(=O)c1cn(C)c2cc(N)ccc2c1=O. The van der Waals surface area contributed by atoms with Crippen molar-refractivity contribution in [3.63, 3.8) is 0 Å². The van der Waals surface area contributed by atoms with E-state index in [0.29, 0.717) is 16.6 Å². The molecule has 94 valence electrons. The molecule has 0 radical (unpaired) electrons. The van der Waals surface area contributed by atoms with Crippen LogP contribution in [-0.4, -0.2) is 17.1 Å². The maximum atomic E-state index is 12.2. The monoisotopic (exact) mass is 246 g/mol. The van der Waals surface area contributed by atoms with Crippen LogP contribution in [0.25, 0.3) is 10.9 Å². The van der Waals surface area contributed by atoms with Crippen LogP contribution >= 0.6 is 0 Å². The van der Waals surface area contributed by atoms with Gasteiger partial charge in [-0.3, -0.25) is 4.79 Å². The summed E-state index contributed by atoms with van der Waals surface area (Å²) in [6.07, 6.45) is 1.47. The summed E-state index contributed by atoms with van der Waals surface area (Å²) in [5, 5.41) is 0.456. The highest BCUT2D eigenvalue weighted by atomic mass is 16.5. The molecule has 0 atom stereocenters. The van der Waals surface area contributed by atoms with Crippen molar-refractivity contribution in [2.75, 3.05) is 12.3 Å². The average Bonchev–Trinajstić information content (AvgIpc) is 2.34. The Balaban J connectivity index is 2.73. The van der Waals surface area contributed by atoms with Crippen molar-refractivity contribution in [3.05, 3.63) is 40.2 Å². The molecular weight excluding hydrogens is 232 g/mol. The molecule has 0 spiro atoms. The van der Waals surface area contributed by atoms with Gasteiger partial charge < -0.3 is 15.0 Å². The van der Waals surface area contributed by atoms with Crippen molar-refractivity contribution in [1.82, 2.24) is 4.57 Å². The van der Waals surface area contributed by atoms with Gasteiger partial charge in [-0.25, -0.2) is 4.79 Å². The van der Waals surface area contributed by atoms with E-state index in [1.165, 1.54) is 6.20 Å². The van der Waals surface area contributed by atoms with Gasteiger partial charge in [0.1, 0.15) is 5.56 Å². The summed E-state index contributed by atoms with van der Waals surface area (Å²) in [4.78, 5) is 23.8. The Kier molecular flexibility index (Phi) is 3.06. The van der Waals surface area contributed by atoms with E-state index >= 15 is 0 Å². The third-order valence-electron chi connectivity index (χ3n) is 2.71. The number of carbonyl (C=O) groups is 1. The molecule has 0 saturated heterocycles. The van der Waals surface area contributed by atoms with Gasteiger partial charge in [-0.15, -0.1) is 0 Å². The lowest BCUT2D eigenvalue weighted by atomic mass is 10.1. The van der Waals surface area contributed by atoms with Crippen LogP contribution in [0.1, 0.15) is 17.3 Å². The number of nitrogens with two attached hydrogens (primary N) is 1. The predicted molar refractivity (Wildman–Crippen MR) is 69.6 cm³/mol. The van der Waals surface area contributed by atoms with E-state index in [9.17, 15) is 9.59 Å². The zero-order chi connectivity index (χ0) is 13.3. The summed E-state index contributed by atoms with van der Waals surface area (Å²) in [7, 11) is 1.75. The quantitative estimate of drug-likeness (QED) is 0.640. The fourth-order valence-corrected chi connectivity index (χ4v) is 1.85. The van der Waals surface area contributed by atoms with Gasteiger partial charge >= 0.3 is 5.97 Å². The molecule has 0 aliphatic carbocycles. The first-order valence-corrected chi connectivity index (χ1v) is 5.60. The number of benzene rings is 1. The number of esters is 1. The smallest absolute Gasteiger partial charge is 0.343 e. The Hall–Kier alpha value is -2.30. The lowest BCUT2D eigenvalue weighted by Gasteiger charge is -2.09. The number of anilines is 1. The molecule has 0 bridgehead atoms. The van der Waals surface area contributed by atoms with Crippen molar-refractivity contribution in [1.29, 1.82) is 0 Å². The summed E-state index contributed by atoms with van der Waals surface area (Å²) >= 11 is 0. The van der Waals surface area contributed by atoms with Crippen LogP contribution in [0, 0.1) is 0 Å². The van der Waals surface area contributed by atoms with E-state index in [1.807, 2.05) is 0 Å². The summed E-state index contributed by atoms with van der Waals surface area (Å²) in [6.45, 7) is 1.94. The second-order valence-corrected chi connectivity index (χ2v) is 3.98. The number of fused-ring (bicyclic) bond motifs is 1. The minimum absolute atomic E-state index is 0.0385. The van der Waals surface area contributed by atoms with Gasteiger partial charge in [-0.05, 0) is 25.1 Å². The van der Waals surface area contributed by atoms with Crippen molar-refractivity contribution >= 4 is 22.6 Å². The largest absolute Gasteiger partial charge is 0.462 e. The Morgan fingerprint density at radius 3 is 2.83 bits per heavy atom. The Labute approximate surface area is 104 Å². The van der Waals surface area contributed by atoms with Crippen LogP contribution in [0.2, 0.25) is 0 Å². The van der Waals surface area contributed by atoms with E-state index in [4.69, 9.17) is 10.5 Å². The first-order chi connectivity index (χ1) is 8.54. The van der Waals surface area contributed by atoms with Gasteiger partial charge in [0.2, 0.25) is 5.43 Å². The predicted octanol–water partition coefficient (Wildman–Crippen LogP) is 1.30. The number of carbonyl (C=O) groups excluding carboxylic acids is 1. The van der Waals surface area contributed by atoms with E-state index in [-0.39, 0.29) is 17.6 Å². The highest BCUT2D eigenvalue weighted by molar-refractivity contribution is 5.94. The van der Waals surface area contributed by atoms with Crippen LogP contribution in [0.3, 0.4) is 0 Å². The molecule has 2 rings (SSSR count). The molecule has 2 N–H and O–H groups in total. The maximum absolute atomic E-state index is 12.2. The van der Waals surface area contributed by atoms with Crippen molar-refractivity contribution < 1.29 is 9.53 Å². The van der Waals surface area contributed by atoms with Gasteiger partial charge in [-0.1, -0.05) is 0 Å². The maximum Gasteiger partial charge on any atom is 0.343 e. The third kappa shape index (κ3) is 1.95. The van der Waals surface area contributed by atoms with Gasteiger partial charge in [0.05, 0.1) is 12.1 Å². The molecule has 1 aromatic carbocycles. The van der Waals surface area contributed by atoms with E-state index in [0.717, 1.165) is 0 Å². The van der Waals surface area contributed by atoms with Crippen molar-refractivity contribution in [2.24, 2.45) is 7.05 Å².